The number of amides is 1. The largest absolute Gasteiger partial charge is 0.353 e. The molecule has 0 atom stereocenters. The molecular weight excluding hydrogens is 228 g/mol. The Morgan fingerprint density at radius 1 is 1.50 bits per heavy atom. The Balaban J connectivity index is 1.77. The molecule has 0 radical (unpaired) electrons. The van der Waals surface area contributed by atoms with Crippen molar-refractivity contribution in [2.24, 2.45) is 0 Å². The zero-order valence-corrected chi connectivity index (χ0v) is 9.60. The third-order valence-electron chi connectivity index (χ3n) is 2.49. The molecule has 0 unspecified atom stereocenters. The number of rotatable bonds is 5. The van der Waals surface area contributed by atoms with E-state index in [2.05, 4.69) is 15.5 Å². The van der Waals surface area contributed by atoms with E-state index in [1.807, 2.05) is 0 Å². The van der Waals surface area contributed by atoms with Gasteiger partial charge in [-0.3, -0.25) is 14.5 Å². The Morgan fingerprint density at radius 2 is 2.25 bits per heavy atom. The Kier molecular flexibility index (Phi) is 3.23. The van der Waals surface area contributed by atoms with Crippen LogP contribution in [0, 0.1) is 4.77 Å². The van der Waals surface area contributed by atoms with Crippen LogP contribution in [0.3, 0.4) is 0 Å². The maximum atomic E-state index is 11.4. The second kappa shape index (κ2) is 4.65. The summed E-state index contributed by atoms with van der Waals surface area (Å²) in [6, 6.07) is 0.394. The SMILES string of the molecule is O=C(CCCn1c(=O)[nH][nH]c1=S)NC1CC1. The first kappa shape index (κ1) is 11.1. The van der Waals surface area contributed by atoms with E-state index in [1.165, 1.54) is 4.57 Å². The lowest BCUT2D eigenvalue weighted by molar-refractivity contribution is -0.121. The van der Waals surface area contributed by atoms with E-state index in [4.69, 9.17) is 12.2 Å². The van der Waals surface area contributed by atoms with E-state index in [9.17, 15) is 9.59 Å². The molecule has 0 saturated heterocycles. The van der Waals surface area contributed by atoms with Crippen molar-refractivity contribution in [1.29, 1.82) is 0 Å². The first-order valence-electron chi connectivity index (χ1n) is 5.33. The van der Waals surface area contributed by atoms with Crippen LogP contribution in [0.5, 0.6) is 0 Å². The third kappa shape index (κ3) is 2.82. The fourth-order valence-corrected chi connectivity index (χ4v) is 1.69. The summed E-state index contributed by atoms with van der Waals surface area (Å²) in [5.74, 6) is 0.0565. The van der Waals surface area contributed by atoms with E-state index in [0.717, 1.165) is 12.8 Å². The van der Waals surface area contributed by atoms with Gasteiger partial charge < -0.3 is 5.32 Å². The molecule has 3 N–H and O–H groups in total. The maximum absolute atomic E-state index is 11.4. The molecule has 1 heterocycles. The van der Waals surface area contributed by atoms with Crippen LogP contribution < -0.4 is 11.0 Å². The summed E-state index contributed by atoms with van der Waals surface area (Å²) in [5, 5.41) is 7.85. The van der Waals surface area contributed by atoms with Crippen LogP contribution in [0.2, 0.25) is 0 Å². The van der Waals surface area contributed by atoms with Crippen LogP contribution in [0.1, 0.15) is 25.7 Å². The first-order valence-corrected chi connectivity index (χ1v) is 5.74. The summed E-state index contributed by atoms with van der Waals surface area (Å²) in [6.45, 7) is 0.468. The molecule has 0 bridgehead atoms. The summed E-state index contributed by atoms with van der Waals surface area (Å²) in [7, 11) is 0. The van der Waals surface area contributed by atoms with Crippen molar-refractivity contribution in [3.05, 3.63) is 15.3 Å². The molecule has 6 nitrogen and oxygen atoms in total. The normalized spacial score (nSPS) is 15.0. The van der Waals surface area contributed by atoms with Crippen molar-refractivity contribution in [2.45, 2.75) is 38.3 Å². The molecule has 1 amide bonds. The van der Waals surface area contributed by atoms with Gasteiger partial charge in [-0.1, -0.05) is 0 Å². The zero-order valence-electron chi connectivity index (χ0n) is 8.78. The zero-order chi connectivity index (χ0) is 11.5. The molecular formula is C9H14N4O2S. The van der Waals surface area contributed by atoms with Crippen molar-refractivity contribution < 1.29 is 4.79 Å². The summed E-state index contributed by atoms with van der Waals surface area (Å²) < 4.78 is 1.78. The average Bonchev–Trinajstić information content (AvgIpc) is 2.99. The summed E-state index contributed by atoms with van der Waals surface area (Å²) in [6.07, 6.45) is 3.24. The number of carbonyl (C=O) groups excluding carboxylic acids is 1. The molecule has 1 aliphatic carbocycles. The molecule has 0 aliphatic heterocycles. The van der Waals surface area contributed by atoms with Gasteiger partial charge in [0.15, 0.2) is 4.77 Å². The Hall–Kier alpha value is -1.37. The van der Waals surface area contributed by atoms with Gasteiger partial charge in [-0.2, -0.15) is 0 Å². The van der Waals surface area contributed by atoms with Crippen LogP contribution in [-0.2, 0) is 11.3 Å². The number of nitrogens with zero attached hydrogens (tertiary/aromatic N) is 1. The molecule has 88 valence electrons. The number of aromatic nitrogens is 3. The molecule has 0 spiro atoms. The first-order chi connectivity index (χ1) is 7.66. The van der Waals surface area contributed by atoms with Crippen molar-refractivity contribution in [3.8, 4) is 0 Å². The van der Waals surface area contributed by atoms with Crippen LogP contribution in [0.15, 0.2) is 4.79 Å². The molecule has 7 heteroatoms. The molecule has 1 aromatic rings. The number of aromatic amines is 2. The van der Waals surface area contributed by atoms with Crippen molar-refractivity contribution >= 4 is 18.1 Å². The highest BCUT2D eigenvalue weighted by Crippen LogP contribution is 2.18. The lowest BCUT2D eigenvalue weighted by Crippen LogP contribution is -2.26. The summed E-state index contributed by atoms with van der Waals surface area (Å²) in [5.41, 5.74) is -0.257. The highest BCUT2D eigenvalue weighted by atomic mass is 32.1. The van der Waals surface area contributed by atoms with Gasteiger partial charge in [-0.15, -0.1) is 0 Å². The van der Waals surface area contributed by atoms with E-state index < -0.39 is 0 Å². The van der Waals surface area contributed by atoms with Gasteiger partial charge in [0.1, 0.15) is 0 Å². The number of hydrogen-bond acceptors (Lipinski definition) is 3. The minimum Gasteiger partial charge on any atom is -0.353 e. The predicted octanol–water partition coefficient (Wildman–Crippen LogP) is 0.293. The van der Waals surface area contributed by atoms with Gasteiger partial charge in [0.05, 0.1) is 0 Å². The summed E-state index contributed by atoms with van der Waals surface area (Å²) >= 11 is 4.91. The average molecular weight is 242 g/mol. The Morgan fingerprint density at radius 3 is 2.81 bits per heavy atom. The molecule has 1 aromatic heterocycles. The number of H-pyrrole nitrogens is 2. The van der Waals surface area contributed by atoms with E-state index in [0.29, 0.717) is 30.2 Å². The minimum absolute atomic E-state index is 0.0565. The molecule has 1 fully saturated rings. The monoisotopic (exact) mass is 242 g/mol. The maximum Gasteiger partial charge on any atom is 0.342 e. The van der Waals surface area contributed by atoms with Crippen LogP contribution in [-0.4, -0.2) is 26.7 Å². The van der Waals surface area contributed by atoms with E-state index in [1.54, 1.807) is 0 Å². The van der Waals surface area contributed by atoms with Crippen LogP contribution in [0.25, 0.3) is 0 Å². The van der Waals surface area contributed by atoms with E-state index >= 15 is 0 Å². The van der Waals surface area contributed by atoms with Crippen LogP contribution >= 0.6 is 12.2 Å². The van der Waals surface area contributed by atoms with Crippen molar-refractivity contribution in [3.63, 3.8) is 0 Å². The lowest BCUT2D eigenvalue weighted by Gasteiger charge is -2.02. The van der Waals surface area contributed by atoms with Crippen molar-refractivity contribution in [2.75, 3.05) is 0 Å². The Labute approximate surface area is 97.0 Å². The van der Waals surface area contributed by atoms with Gasteiger partial charge in [-0.05, 0) is 31.5 Å². The lowest BCUT2D eigenvalue weighted by atomic mass is 10.3. The predicted molar refractivity (Wildman–Crippen MR) is 60.6 cm³/mol. The molecule has 1 aliphatic rings. The smallest absolute Gasteiger partial charge is 0.342 e. The number of carbonyl (C=O) groups is 1. The number of hydrogen-bond donors (Lipinski definition) is 3. The highest BCUT2D eigenvalue weighted by Gasteiger charge is 2.22. The Bertz CT molecular complexity index is 455. The second-order valence-corrected chi connectivity index (χ2v) is 4.34. The quantitative estimate of drug-likeness (QED) is 0.649. The van der Waals surface area contributed by atoms with Gasteiger partial charge in [0.2, 0.25) is 5.91 Å². The van der Waals surface area contributed by atoms with E-state index in [-0.39, 0.29) is 11.6 Å². The standard InChI is InChI=1S/C9H14N4O2S/c14-7(10-6-3-4-6)2-1-5-13-8(15)11-12-9(13)16/h6H,1-5H2,(H,10,14)(H,11,15)(H,12,16). The fourth-order valence-electron chi connectivity index (χ4n) is 1.46. The van der Waals surface area contributed by atoms with Gasteiger partial charge in [-0.25, -0.2) is 9.89 Å². The second-order valence-electron chi connectivity index (χ2n) is 3.96. The van der Waals surface area contributed by atoms with Gasteiger partial charge in [0.25, 0.3) is 0 Å². The van der Waals surface area contributed by atoms with Gasteiger partial charge >= 0.3 is 5.69 Å². The molecule has 1 saturated carbocycles. The minimum atomic E-state index is -0.257. The topological polar surface area (TPSA) is 82.7 Å². The van der Waals surface area contributed by atoms with Crippen LogP contribution in [0.4, 0.5) is 0 Å². The fraction of sp³-hybridized carbons (Fsp3) is 0.667. The molecule has 0 aromatic carbocycles. The van der Waals surface area contributed by atoms with Crippen molar-refractivity contribution in [1.82, 2.24) is 20.1 Å². The summed E-state index contributed by atoms with van der Waals surface area (Å²) in [4.78, 5) is 22.6. The molecule has 16 heavy (non-hydrogen) atoms. The molecule has 2 rings (SSSR count). The number of nitrogens with one attached hydrogen (secondary N) is 3. The highest BCUT2D eigenvalue weighted by molar-refractivity contribution is 7.71. The third-order valence-corrected chi connectivity index (χ3v) is 2.82. The van der Waals surface area contributed by atoms with Gasteiger partial charge in [0, 0.05) is 19.0 Å².